The molecule has 0 saturated heterocycles. The van der Waals surface area contributed by atoms with Crippen LogP contribution in [-0.2, 0) is 18.1 Å². The zero-order valence-corrected chi connectivity index (χ0v) is 23.2. The Labute approximate surface area is 233 Å². The highest BCUT2D eigenvalue weighted by Crippen LogP contribution is 2.37. The van der Waals surface area contributed by atoms with Crippen molar-refractivity contribution in [1.82, 2.24) is 24.5 Å². The summed E-state index contributed by atoms with van der Waals surface area (Å²) in [4.78, 5) is 39.8. The Morgan fingerprint density at radius 1 is 1.03 bits per heavy atom. The van der Waals surface area contributed by atoms with Gasteiger partial charge in [-0.15, -0.1) is 10.2 Å². The molecule has 0 aliphatic carbocycles. The molecule has 1 N–H and O–H groups in total. The number of rotatable bonds is 9. The maximum atomic E-state index is 13.3. The molecule has 0 aliphatic heterocycles. The van der Waals surface area contributed by atoms with E-state index in [-0.39, 0.29) is 58.0 Å². The van der Waals surface area contributed by atoms with E-state index in [0.717, 1.165) is 14.8 Å². The molecule has 0 unspecified atom stereocenters. The van der Waals surface area contributed by atoms with E-state index >= 15 is 0 Å². The highest BCUT2D eigenvalue weighted by molar-refractivity contribution is 6.37. The first-order chi connectivity index (χ1) is 18.6. The van der Waals surface area contributed by atoms with E-state index in [2.05, 4.69) is 15.3 Å². The van der Waals surface area contributed by atoms with Crippen LogP contribution in [0.3, 0.4) is 0 Å². The van der Waals surface area contributed by atoms with Gasteiger partial charge in [0.15, 0.2) is 5.75 Å². The van der Waals surface area contributed by atoms with Crippen molar-refractivity contribution in [3.63, 3.8) is 0 Å². The molecule has 4 rings (SSSR count). The van der Waals surface area contributed by atoms with Crippen molar-refractivity contribution in [3.05, 3.63) is 101 Å². The van der Waals surface area contributed by atoms with Crippen molar-refractivity contribution in [2.45, 2.75) is 33.1 Å². The van der Waals surface area contributed by atoms with E-state index < -0.39 is 11.2 Å². The van der Waals surface area contributed by atoms with Crippen LogP contribution < -0.4 is 26.4 Å². The van der Waals surface area contributed by atoms with Crippen molar-refractivity contribution in [1.29, 1.82) is 0 Å². The fourth-order valence-electron chi connectivity index (χ4n) is 3.65. The number of hydrogen-bond acceptors (Lipinski definition) is 8. The molecule has 0 amide bonds. The summed E-state index contributed by atoms with van der Waals surface area (Å²) in [5.41, 5.74) is -0.124. The smallest absolute Gasteiger partial charge is 0.354 e. The highest BCUT2D eigenvalue weighted by atomic mass is 35.5. The number of ether oxygens (including phenoxy) is 2. The topological polar surface area (TPSA) is 124 Å². The molecule has 0 atom stereocenters. The van der Waals surface area contributed by atoms with Gasteiger partial charge in [0.05, 0.1) is 22.3 Å². The zero-order chi connectivity index (χ0) is 28.3. The molecule has 11 nitrogen and oxygen atoms in total. The number of aromatic amines is 1. The number of nitrogens with one attached hydrogen (secondary N) is 1. The molecular formula is C26H26Cl2N6O5. The van der Waals surface area contributed by atoms with Crippen LogP contribution in [0.4, 0.5) is 5.82 Å². The summed E-state index contributed by atoms with van der Waals surface area (Å²) in [6.45, 7) is 3.63. The van der Waals surface area contributed by atoms with Gasteiger partial charge in [0.25, 0.3) is 5.56 Å². The third kappa shape index (κ3) is 6.22. The van der Waals surface area contributed by atoms with Gasteiger partial charge in [0, 0.05) is 25.7 Å². The molecule has 0 spiro atoms. The highest BCUT2D eigenvalue weighted by Gasteiger charge is 2.20. The van der Waals surface area contributed by atoms with Gasteiger partial charge in [-0.2, -0.15) is 4.68 Å². The van der Waals surface area contributed by atoms with Gasteiger partial charge >= 0.3 is 11.2 Å². The van der Waals surface area contributed by atoms with E-state index in [1.807, 2.05) is 44.2 Å². The van der Waals surface area contributed by atoms with Crippen LogP contribution in [0.1, 0.15) is 30.9 Å². The van der Waals surface area contributed by atoms with Gasteiger partial charge < -0.3 is 14.4 Å². The largest absolute Gasteiger partial charge is 0.434 e. The van der Waals surface area contributed by atoms with E-state index in [1.165, 1.54) is 23.1 Å². The van der Waals surface area contributed by atoms with Crippen molar-refractivity contribution >= 4 is 29.0 Å². The average molecular weight is 573 g/mol. The molecule has 4 aromatic rings. The SMILES string of the molecule is CC(C)c1cc(Oc2c(Cl)cc(-n3nc(N(C)C)c(=O)n(COCc4ccccc4)c3=O)cc2Cl)n[nH]c1=O. The van der Waals surface area contributed by atoms with Crippen molar-refractivity contribution in [3.8, 4) is 17.3 Å². The van der Waals surface area contributed by atoms with Gasteiger partial charge in [0.2, 0.25) is 11.7 Å². The van der Waals surface area contributed by atoms with Gasteiger partial charge in [0.1, 0.15) is 6.73 Å². The van der Waals surface area contributed by atoms with Crippen LogP contribution in [0.2, 0.25) is 10.0 Å². The summed E-state index contributed by atoms with van der Waals surface area (Å²) in [7, 11) is 3.26. The van der Waals surface area contributed by atoms with Crippen LogP contribution >= 0.6 is 23.2 Å². The monoisotopic (exact) mass is 572 g/mol. The first kappa shape index (κ1) is 28.1. The minimum atomic E-state index is -0.747. The Morgan fingerprint density at radius 3 is 2.31 bits per heavy atom. The lowest BCUT2D eigenvalue weighted by atomic mass is 10.1. The number of aromatic nitrogens is 5. The fraction of sp³-hybridized carbons (Fsp3) is 0.269. The quantitative estimate of drug-likeness (QED) is 0.320. The summed E-state index contributed by atoms with van der Waals surface area (Å²) in [6, 6.07) is 13.7. The molecule has 0 aliphatic rings. The Morgan fingerprint density at radius 2 is 1.69 bits per heavy atom. The zero-order valence-electron chi connectivity index (χ0n) is 21.6. The third-order valence-corrected chi connectivity index (χ3v) is 6.23. The van der Waals surface area contributed by atoms with Crippen LogP contribution in [0.15, 0.2) is 62.9 Å². The Kier molecular flexibility index (Phi) is 8.54. The molecule has 2 aromatic carbocycles. The van der Waals surface area contributed by atoms with E-state index in [4.69, 9.17) is 32.7 Å². The minimum absolute atomic E-state index is 0.00383. The third-order valence-electron chi connectivity index (χ3n) is 5.66. The standard InChI is InChI=1S/C26H26Cl2N6O5/c1-15(2)18-12-21(29-30-24(18)35)39-22-19(27)10-17(11-20(22)28)34-26(37)33(25(36)23(31-34)32(3)4)14-38-13-16-8-6-5-7-9-16/h5-12,15H,13-14H2,1-4H3,(H,30,35). The van der Waals surface area contributed by atoms with Crippen molar-refractivity contribution in [2.24, 2.45) is 0 Å². The first-order valence-corrected chi connectivity index (χ1v) is 12.6. The summed E-state index contributed by atoms with van der Waals surface area (Å²) < 4.78 is 13.4. The normalized spacial score (nSPS) is 11.2. The van der Waals surface area contributed by atoms with Crippen LogP contribution in [0.5, 0.6) is 11.6 Å². The van der Waals surface area contributed by atoms with Crippen LogP contribution in [-0.4, -0.2) is 38.6 Å². The summed E-state index contributed by atoms with van der Waals surface area (Å²) in [5, 5.41) is 10.6. The molecule has 39 heavy (non-hydrogen) atoms. The number of hydrogen-bond donors (Lipinski definition) is 1. The van der Waals surface area contributed by atoms with Crippen molar-refractivity contribution < 1.29 is 9.47 Å². The van der Waals surface area contributed by atoms with Gasteiger partial charge in [-0.3, -0.25) is 9.59 Å². The molecule has 2 heterocycles. The number of halogens is 2. The lowest BCUT2D eigenvalue weighted by molar-refractivity contribution is 0.0579. The number of benzene rings is 2. The first-order valence-electron chi connectivity index (χ1n) is 11.9. The molecule has 2 aromatic heterocycles. The van der Waals surface area contributed by atoms with Crippen LogP contribution in [0, 0.1) is 0 Å². The molecule has 0 fully saturated rings. The minimum Gasteiger partial charge on any atom is -0.434 e. The number of nitrogens with zero attached hydrogens (tertiary/aromatic N) is 5. The second-order valence-corrected chi connectivity index (χ2v) is 9.91. The maximum absolute atomic E-state index is 13.3. The van der Waals surface area contributed by atoms with E-state index in [9.17, 15) is 14.4 Å². The number of anilines is 1. The van der Waals surface area contributed by atoms with Gasteiger partial charge in [-0.05, 0) is 23.6 Å². The maximum Gasteiger partial charge on any atom is 0.354 e. The molecule has 204 valence electrons. The predicted octanol–water partition coefficient (Wildman–Crippen LogP) is 3.94. The van der Waals surface area contributed by atoms with Crippen LogP contribution in [0.25, 0.3) is 5.69 Å². The molecule has 13 heteroatoms. The fourth-order valence-corrected chi connectivity index (χ4v) is 4.20. The second-order valence-electron chi connectivity index (χ2n) is 9.09. The molecule has 0 bridgehead atoms. The predicted molar refractivity (Wildman–Crippen MR) is 149 cm³/mol. The van der Waals surface area contributed by atoms with E-state index in [1.54, 1.807) is 14.1 Å². The lowest BCUT2D eigenvalue weighted by Gasteiger charge is -2.17. The molecular weight excluding hydrogens is 547 g/mol. The summed E-state index contributed by atoms with van der Waals surface area (Å²) in [5.74, 6) is 0.0913. The van der Waals surface area contributed by atoms with Crippen molar-refractivity contribution in [2.75, 3.05) is 19.0 Å². The Bertz CT molecular complexity index is 1640. The summed E-state index contributed by atoms with van der Waals surface area (Å²) >= 11 is 13.0. The Hall–Kier alpha value is -3.93. The van der Waals surface area contributed by atoms with Gasteiger partial charge in [-0.1, -0.05) is 67.4 Å². The second kappa shape index (κ2) is 11.9. The lowest BCUT2D eigenvalue weighted by Crippen LogP contribution is -2.43. The van der Waals surface area contributed by atoms with E-state index in [0.29, 0.717) is 5.56 Å². The number of H-pyrrole nitrogens is 1. The molecule has 0 radical (unpaired) electrons. The summed E-state index contributed by atoms with van der Waals surface area (Å²) in [6.07, 6.45) is 0. The van der Waals surface area contributed by atoms with Gasteiger partial charge in [-0.25, -0.2) is 14.5 Å². The Balaban J connectivity index is 1.70. The average Bonchev–Trinajstić information content (AvgIpc) is 2.89. The molecule has 0 saturated carbocycles.